The summed E-state index contributed by atoms with van der Waals surface area (Å²) in [6.07, 6.45) is 3.20. The molecule has 5 nitrogen and oxygen atoms in total. The molecule has 1 saturated heterocycles. The third-order valence-corrected chi connectivity index (χ3v) is 3.42. The molecule has 5 heteroatoms. The summed E-state index contributed by atoms with van der Waals surface area (Å²) in [5.74, 6) is 0. The molecule has 0 aromatic carbocycles. The Bertz CT molecular complexity index is 463. The standard InChI is InChI=1S/C12H17N3O2/c16-12-6-9-7-13-4-3-11(9)14-15(12)8-10-2-1-5-17-10/h6,10,13H,1-5,7-8H2/t10-/m0/s1. The highest BCUT2D eigenvalue weighted by Gasteiger charge is 2.19. The summed E-state index contributed by atoms with van der Waals surface area (Å²) in [5.41, 5.74) is 2.09. The molecular formula is C12H17N3O2. The zero-order chi connectivity index (χ0) is 11.7. The van der Waals surface area contributed by atoms with E-state index in [1.165, 1.54) is 0 Å². The molecule has 0 bridgehead atoms. The molecule has 0 amide bonds. The van der Waals surface area contributed by atoms with Gasteiger partial charge in [0.1, 0.15) is 0 Å². The van der Waals surface area contributed by atoms with Crippen molar-refractivity contribution in [2.24, 2.45) is 0 Å². The maximum absolute atomic E-state index is 11.9. The quantitative estimate of drug-likeness (QED) is 0.788. The van der Waals surface area contributed by atoms with Gasteiger partial charge >= 0.3 is 0 Å². The zero-order valence-electron chi connectivity index (χ0n) is 9.82. The van der Waals surface area contributed by atoms with Gasteiger partial charge in [0, 0.05) is 32.2 Å². The molecular weight excluding hydrogens is 218 g/mol. The first-order valence-electron chi connectivity index (χ1n) is 6.25. The van der Waals surface area contributed by atoms with Gasteiger partial charge in [-0.3, -0.25) is 4.79 Å². The van der Waals surface area contributed by atoms with Gasteiger partial charge in [-0.15, -0.1) is 0 Å². The summed E-state index contributed by atoms with van der Waals surface area (Å²) in [5, 5.41) is 7.71. The minimum Gasteiger partial charge on any atom is -0.376 e. The van der Waals surface area contributed by atoms with Crippen molar-refractivity contribution >= 4 is 0 Å². The van der Waals surface area contributed by atoms with Gasteiger partial charge in [0.05, 0.1) is 18.3 Å². The fourth-order valence-corrected chi connectivity index (χ4v) is 2.47. The molecule has 3 heterocycles. The molecule has 2 aliphatic heterocycles. The second-order valence-corrected chi connectivity index (χ2v) is 4.70. The Labute approximate surface area is 99.8 Å². The molecule has 0 radical (unpaired) electrons. The molecule has 0 saturated carbocycles. The molecule has 1 fully saturated rings. The van der Waals surface area contributed by atoms with Crippen molar-refractivity contribution in [3.05, 3.63) is 27.7 Å². The first kappa shape index (κ1) is 10.9. The topological polar surface area (TPSA) is 56.2 Å². The maximum atomic E-state index is 11.9. The van der Waals surface area contributed by atoms with Crippen LogP contribution in [0, 0.1) is 0 Å². The summed E-state index contributed by atoms with van der Waals surface area (Å²) in [4.78, 5) is 11.9. The molecule has 1 N–H and O–H groups in total. The van der Waals surface area contributed by atoms with Crippen molar-refractivity contribution in [3.63, 3.8) is 0 Å². The Kier molecular flexibility index (Phi) is 2.94. The lowest BCUT2D eigenvalue weighted by molar-refractivity contribution is 0.0924. The lowest BCUT2D eigenvalue weighted by Gasteiger charge is -2.18. The van der Waals surface area contributed by atoms with Crippen LogP contribution in [0.15, 0.2) is 10.9 Å². The zero-order valence-corrected chi connectivity index (χ0v) is 9.82. The van der Waals surface area contributed by atoms with Gasteiger partial charge in [0.25, 0.3) is 5.56 Å². The molecule has 0 unspecified atom stereocenters. The molecule has 1 aromatic heterocycles. The average Bonchev–Trinajstić information content (AvgIpc) is 2.83. The van der Waals surface area contributed by atoms with E-state index in [4.69, 9.17) is 4.74 Å². The number of fused-ring (bicyclic) bond motifs is 1. The molecule has 0 aliphatic carbocycles. The SMILES string of the molecule is O=c1cc2c(nn1C[C@@H]1CCCO1)CCNC2. The van der Waals surface area contributed by atoms with Crippen LogP contribution in [0.5, 0.6) is 0 Å². The first-order valence-corrected chi connectivity index (χ1v) is 6.25. The van der Waals surface area contributed by atoms with Crippen molar-refractivity contribution < 1.29 is 4.74 Å². The Morgan fingerprint density at radius 1 is 1.59 bits per heavy atom. The largest absolute Gasteiger partial charge is 0.376 e. The van der Waals surface area contributed by atoms with Gasteiger partial charge in [-0.25, -0.2) is 4.68 Å². The van der Waals surface area contributed by atoms with Crippen molar-refractivity contribution in [1.82, 2.24) is 15.1 Å². The van der Waals surface area contributed by atoms with E-state index in [2.05, 4.69) is 10.4 Å². The summed E-state index contributed by atoms with van der Waals surface area (Å²) in [6, 6.07) is 1.71. The van der Waals surface area contributed by atoms with E-state index < -0.39 is 0 Å². The predicted molar refractivity (Wildman–Crippen MR) is 62.9 cm³/mol. The van der Waals surface area contributed by atoms with Gasteiger partial charge in [-0.1, -0.05) is 0 Å². The van der Waals surface area contributed by atoms with Gasteiger partial charge in [0.15, 0.2) is 0 Å². The summed E-state index contributed by atoms with van der Waals surface area (Å²) < 4.78 is 7.11. The van der Waals surface area contributed by atoms with E-state index in [0.29, 0.717) is 6.54 Å². The third kappa shape index (κ3) is 2.25. The monoisotopic (exact) mass is 235 g/mol. The van der Waals surface area contributed by atoms with Crippen molar-refractivity contribution in [2.45, 2.75) is 38.5 Å². The van der Waals surface area contributed by atoms with Gasteiger partial charge in [0.2, 0.25) is 0 Å². The third-order valence-electron chi connectivity index (χ3n) is 3.42. The highest BCUT2D eigenvalue weighted by Crippen LogP contribution is 2.13. The van der Waals surface area contributed by atoms with E-state index in [1.807, 2.05) is 0 Å². The van der Waals surface area contributed by atoms with Gasteiger partial charge in [-0.05, 0) is 18.4 Å². The first-order chi connectivity index (χ1) is 8.33. The highest BCUT2D eigenvalue weighted by atomic mass is 16.5. The number of nitrogens with zero attached hydrogens (tertiary/aromatic N) is 2. The van der Waals surface area contributed by atoms with Crippen LogP contribution < -0.4 is 10.9 Å². The van der Waals surface area contributed by atoms with Crippen LogP contribution >= 0.6 is 0 Å². The second-order valence-electron chi connectivity index (χ2n) is 4.70. The second kappa shape index (κ2) is 4.58. The maximum Gasteiger partial charge on any atom is 0.267 e. The van der Waals surface area contributed by atoms with Crippen LogP contribution in [-0.2, 0) is 24.2 Å². The minimum atomic E-state index is -0.0112. The Hall–Kier alpha value is -1.20. The van der Waals surface area contributed by atoms with E-state index in [1.54, 1.807) is 10.7 Å². The highest BCUT2D eigenvalue weighted by molar-refractivity contribution is 5.20. The van der Waals surface area contributed by atoms with E-state index in [-0.39, 0.29) is 11.7 Å². The molecule has 92 valence electrons. The van der Waals surface area contributed by atoms with Crippen LogP contribution in [0.2, 0.25) is 0 Å². The summed E-state index contributed by atoms with van der Waals surface area (Å²) in [6.45, 7) is 3.12. The molecule has 1 aromatic rings. The van der Waals surface area contributed by atoms with Crippen LogP contribution in [0.3, 0.4) is 0 Å². The average molecular weight is 235 g/mol. The van der Waals surface area contributed by atoms with Crippen LogP contribution in [0.25, 0.3) is 0 Å². The number of hydrogen-bond acceptors (Lipinski definition) is 4. The molecule has 1 atom stereocenters. The number of rotatable bonds is 2. The van der Waals surface area contributed by atoms with E-state index >= 15 is 0 Å². The van der Waals surface area contributed by atoms with E-state index in [0.717, 1.165) is 50.2 Å². The van der Waals surface area contributed by atoms with Gasteiger partial charge < -0.3 is 10.1 Å². The molecule has 17 heavy (non-hydrogen) atoms. The number of ether oxygens (including phenoxy) is 1. The number of hydrogen-bond donors (Lipinski definition) is 1. The predicted octanol–water partition coefficient (Wildman–Crippen LogP) is 0.0680. The normalized spacial score (nSPS) is 23.6. The van der Waals surface area contributed by atoms with Crippen LogP contribution in [-0.4, -0.2) is 29.0 Å². The molecule has 3 rings (SSSR count). The summed E-state index contributed by atoms with van der Waals surface area (Å²) >= 11 is 0. The van der Waals surface area contributed by atoms with Crippen molar-refractivity contribution in [1.29, 1.82) is 0 Å². The molecule has 2 aliphatic rings. The minimum absolute atomic E-state index is 0.0112. The van der Waals surface area contributed by atoms with Gasteiger partial charge in [-0.2, -0.15) is 5.10 Å². The number of nitrogens with one attached hydrogen (secondary N) is 1. The summed E-state index contributed by atoms with van der Waals surface area (Å²) in [7, 11) is 0. The fourth-order valence-electron chi connectivity index (χ4n) is 2.47. The number of aromatic nitrogens is 2. The Morgan fingerprint density at radius 3 is 3.35 bits per heavy atom. The smallest absolute Gasteiger partial charge is 0.267 e. The Morgan fingerprint density at radius 2 is 2.53 bits per heavy atom. The van der Waals surface area contributed by atoms with E-state index in [9.17, 15) is 4.79 Å². The molecule has 0 spiro atoms. The fraction of sp³-hybridized carbons (Fsp3) is 0.667. The van der Waals surface area contributed by atoms with Crippen LogP contribution in [0.4, 0.5) is 0 Å². The van der Waals surface area contributed by atoms with Crippen molar-refractivity contribution in [2.75, 3.05) is 13.2 Å². The van der Waals surface area contributed by atoms with Crippen molar-refractivity contribution in [3.8, 4) is 0 Å². The van der Waals surface area contributed by atoms with Crippen LogP contribution in [0.1, 0.15) is 24.1 Å². The Balaban J connectivity index is 1.85. The lowest BCUT2D eigenvalue weighted by atomic mass is 10.1. The lowest BCUT2D eigenvalue weighted by Crippen LogP contribution is -2.33.